The summed E-state index contributed by atoms with van der Waals surface area (Å²) in [5, 5.41) is 10.4. The van der Waals surface area contributed by atoms with Gasteiger partial charge in [-0.3, -0.25) is 0 Å². The van der Waals surface area contributed by atoms with Crippen molar-refractivity contribution in [2.75, 3.05) is 0 Å². The summed E-state index contributed by atoms with van der Waals surface area (Å²) in [5.74, 6) is 0. The molecule has 0 aliphatic heterocycles. The van der Waals surface area contributed by atoms with Gasteiger partial charge in [0.15, 0.2) is 0 Å². The zero-order chi connectivity index (χ0) is 11.4. The minimum absolute atomic E-state index is 0.147. The Labute approximate surface area is 98.5 Å². The van der Waals surface area contributed by atoms with Gasteiger partial charge in [0.25, 0.3) is 0 Å². The molecule has 0 radical (unpaired) electrons. The largest absolute Gasteiger partial charge is 0.392 e. The lowest BCUT2D eigenvalue weighted by atomic mass is 9.70. The number of hydrogen-bond donors (Lipinski definition) is 1. The molecule has 1 saturated carbocycles. The van der Waals surface area contributed by atoms with E-state index in [0.717, 1.165) is 6.42 Å². The second-order valence-electron chi connectivity index (χ2n) is 5.42. The molecule has 0 heterocycles. The Morgan fingerprint density at radius 1 is 1.12 bits per heavy atom. The van der Waals surface area contributed by atoms with Crippen molar-refractivity contribution >= 4 is 0 Å². The molecule has 1 atom stereocenters. The zero-order valence-corrected chi connectivity index (χ0v) is 10.2. The van der Waals surface area contributed by atoms with Gasteiger partial charge in [-0.05, 0) is 30.2 Å². The summed E-state index contributed by atoms with van der Waals surface area (Å²) in [6, 6.07) is 10.3. The molecule has 1 nitrogen and oxygen atoms in total. The van der Waals surface area contributed by atoms with Gasteiger partial charge in [-0.2, -0.15) is 0 Å². The van der Waals surface area contributed by atoms with E-state index in [1.807, 2.05) is 18.2 Å². The molecule has 0 bridgehead atoms. The van der Waals surface area contributed by atoms with Crippen LogP contribution >= 0.6 is 0 Å². The van der Waals surface area contributed by atoms with E-state index in [1.165, 1.54) is 37.7 Å². The van der Waals surface area contributed by atoms with Crippen LogP contribution in [0.1, 0.15) is 44.6 Å². The summed E-state index contributed by atoms with van der Waals surface area (Å²) in [5.41, 5.74) is 1.40. The fourth-order valence-corrected chi connectivity index (χ4v) is 2.78. The molecule has 1 aliphatic rings. The minimum atomic E-state index is -0.185. The number of benzene rings is 1. The second-order valence-corrected chi connectivity index (χ2v) is 5.42. The van der Waals surface area contributed by atoms with E-state index in [4.69, 9.17) is 0 Å². The summed E-state index contributed by atoms with van der Waals surface area (Å²) < 4.78 is 0. The highest BCUT2D eigenvalue weighted by Crippen LogP contribution is 2.39. The van der Waals surface area contributed by atoms with Crippen LogP contribution < -0.4 is 0 Å². The van der Waals surface area contributed by atoms with E-state index in [9.17, 15) is 5.11 Å². The van der Waals surface area contributed by atoms with Gasteiger partial charge in [0.2, 0.25) is 0 Å². The molecule has 1 unspecified atom stereocenters. The molecule has 0 amide bonds. The molecule has 1 heteroatoms. The highest BCUT2D eigenvalue weighted by Gasteiger charge is 2.33. The van der Waals surface area contributed by atoms with Gasteiger partial charge in [-0.15, -0.1) is 0 Å². The molecule has 2 rings (SSSR count). The first-order valence-corrected chi connectivity index (χ1v) is 6.43. The first-order valence-electron chi connectivity index (χ1n) is 6.43. The average Bonchev–Trinajstić information content (AvgIpc) is 2.31. The molecule has 1 aromatic rings. The summed E-state index contributed by atoms with van der Waals surface area (Å²) in [6.45, 7) is 2.25. The van der Waals surface area contributed by atoms with E-state index in [0.29, 0.717) is 0 Å². The van der Waals surface area contributed by atoms with E-state index >= 15 is 0 Å². The van der Waals surface area contributed by atoms with Crippen LogP contribution in [0.5, 0.6) is 0 Å². The lowest BCUT2D eigenvalue weighted by Crippen LogP contribution is -2.35. The smallest absolute Gasteiger partial charge is 0.0634 e. The molecule has 0 saturated heterocycles. The Morgan fingerprint density at radius 2 is 1.75 bits per heavy atom. The maximum Gasteiger partial charge on any atom is 0.0634 e. The Morgan fingerprint density at radius 3 is 2.38 bits per heavy atom. The molecule has 16 heavy (non-hydrogen) atoms. The summed E-state index contributed by atoms with van der Waals surface area (Å²) in [4.78, 5) is 0. The first kappa shape index (κ1) is 11.7. The second kappa shape index (κ2) is 5.01. The Balaban J connectivity index is 1.99. The van der Waals surface area contributed by atoms with E-state index < -0.39 is 0 Å². The fraction of sp³-hybridized carbons (Fsp3) is 0.600. The van der Waals surface area contributed by atoms with Crippen LogP contribution in [0.2, 0.25) is 0 Å². The summed E-state index contributed by atoms with van der Waals surface area (Å²) >= 11 is 0. The average molecular weight is 218 g/mol. The van der Waals surface area contributed by atoms with E-state index in [-0.39, 0.29) is 11.5 Å². The van der Waals surface area contributed by atoms with Crippen LogP contribution in [-0.2, 0) is 6.42 Å². The maximum absolute atomic E-state index is 10.4. The van der Waals surface area contributed by atoms with Gasteiger partial charge in [0, 0.05) is 0 Å². The van der Waals surface area contributed by atoms with Gasteiger partial charge in [0.05, 0.1) is 6.10 Å². The van der Waals surface area contributed by atoms with E-state index in [1.54, 1.807) is 0 Å². The van der Waals surface area contributed by atoms with Gasteiger partial charge >= 0.3 is 0 Å². The third-order valence-corrected chi connectivity index (χ3v) is 4.07. The van der Waals surface area contributed by atoms with Crippen molar-refractivity contribution < 1.29 is 5.11 Å². The third-order valence-electron chi connectivity index (χ3n) is 4.07. The van der Waals surface area contributed by atoms with Crippen LogP contribution in [-0.4, -0.2) is 11.2 Å². The topological polar surface area (TPSA) is 20.2 Å². The highest BCUT2D eigenvalue weighted by molar-refractivity contribution is 5.16. The number of aliphatic hydroxyl groups is 1. The van der Waals surface area contributed by atoms with Crippen molar-refractivity contribution in [1.29, 1.82) is 0 Å². The van der Waals surface area contributed by atoms with Crippen LogP contribution in [0.3, 0.4) is 0 Å². The Bertz CT molecular complexity index is 311. The molecule has 1 N–H and O–H groups in total. The zero-order valence-electron chi connectivity index (χ0n) is 10.2. The molecule has 1 aliphatic carbocycles. The van der Waals surface area contributed by atoms with Crippen molar-refractivity contribution in [2.45, 2.75) is 51.6 Å². The van der Waals surface area contributed by atoms with E-state index in [2.05, 4.69) is 19.1 Å². The predicted octanol–water partition coefficient (Wildman–Crippen LogP) is 3.56. The van der Waals surface area contributed by atoms with Crippen molar-refractivity contribution in [3.05, 3.63) is 35.9 Å². The van der Waals surface area contributed by atoms with Crippen LogP contribution in [0.25, 0.3) is 0 Å². The molecule has 1 fully saturated rings. The van der Waals surface area contributed by atoms with Gasteiger partial charge < -0.3 is 5.11 Å². The van der Waals surface area contributed by atoms with Crippen molar-refractivity contribution in [3.63, 3.8) is 0 Å². The third kappa shape index (κ3) is 2.65. The summed E-state index contributed by atoms with van der Waals surface area (Å²) in [7, 11) is 0. The quantitative estimate of drug-likeness (QED) is 0.822. The lowest BCUT2D eigenvalue weighted by molar-refractivity contribution is 0.0104. The van der Waals surface area contributed by atoms with Crippen molar-refractivity contribution in [1.82, 2.24) is 0 Å². The SMILES string of the molecule is CC1(C(O)Cc2ccccc2)CCCCC1. The molecule has 1 aromatic carbocycles. The van der Waals surface area contributed by atoms with Crippen molar-refractivity contribution in [2.24, 2.45) is 5.41 Å². The molecular weight excluding hydrogens is 196 g/mol. The minimum Gasteiger partial charge on any atom is -0.392 e. The Kier molecular flexibility index (Phi) is 3.65. The van der Waals surface area contributed by atoms with Crippen LogP contribution in [0.4, 0.5) is 0 Å². The standard InChI is InChI=1S/C15H22O/c1-15(10-6-3-7-11-15)14(16)12-13-8-4-2-5-9-13/h2,4-5,8-9,14,16H,3,6-7,10-12H2,1H3. The molecule has 0 spiro atoms. The van der Waals surface area contributed by atoms with Gasteiger partial charge in [0.1, 0.15) is 0 Å². The molecule has 88 valence electrons. The number of rotatable bonds is 3. The number of hydrogen-bond acceptors (Lipinski definition) is 1. The lowest BCUT2D eigenvalue weighted by Gasteiger charge is -2.38. The van der Waals surface area contributed by atoms with Crippen molar-refractivity contribution in [3.8, 4) is 0 Å². The van der Waals surface area contributed by atoms with Crippen LogP contribution in [0.15, 0.2) is 30.3 Å². The maximum atomic E-state index is 10.4. The number of aliphatic hydroxyl groups excluding tert-OH is 1. The first-order chi connectivity index (χ1) is 7.71. The van der Waals surface area contributed by atoms with Gasteiger partial charge in [-0.1, -0.05) is 56.5 Å². The van der Waals surface area contributed by atoms with Gasteiger partial charge in [-0.25, -0.2) is 0 Å². The molecule has 0 aromatic heterocycles. The predicted molar refractivity (Wildman–Crippen MR) is 67.3 cm³/mol. The molecular formula is C15H22O. The van der Waals surface area contributed by atoms with Crippen LogP contribution in [0, 0.1) is 5.41 Å². The highest BCUT2D eigenvalue weighted by atomic mass is 16.3. The fourth-order valence-electron chi connectivity index (χ4n) is 2.78. The Hall–Kier alpha value is -0.820. The summed E-state index contributed by atoms with van der Waals surface area (Å²) in [6.07, 6.45) is 6.88. The monoisotopic (exact) mass is 218 g/mol. The normalized spacial score (nSPS) is 21.6.